The lowest BCUT2D eigenvalue weighted by molar-refractivity contribution is 0.171. The van der Waals surface area contributed by atoms with Crippen molar-refractivity contribution in [2.45, 2.75) is 31.2 Å². The van der Waals surface area contributed by atoms with Crippen molar-refractivity contribution < 1.29 is 9.53 Å². The zero-order valence-electron chi connectivity index (χ0n) is 11.5. The summed E-state index contributed by atoms with van der Waals surface area (Å²) in [5, 5.41) is 3.55. The number of ether oxygens (including phenoxy) is 1. The number of aryl methyl sites for hydroxylation is 1. The fourth-order valence-corrected chi connectivity index (χ4v) is 3.23. The predicted octanol–water partition coefficient (Wildman–Crippen LogP) is 2.14. The van der Waals surface area contributed by atoms with Crippen LogP contribution in [0, 0.1) is 0 Å². The Morgan fingerprint density at radius 3 is 3.00 bits per heavy atom. The predicted molar refractivity (Wildman–Crippen MR) is 73.6 cm³/mol. The average Bonchev–Trinajstić information content (AvgIpc) is 2.86. The lowest BCUT2D eigenvalue weighted by Gasteiger charge is -2.29. The topological polar surface area (TPSA) is 41.6 Å². The van der Waals surface area contributed by atoms with E-state index in [2.05, 4.69) is 11.4 Å². The maximum Gasteiger partial charge on any atom is 0.414 e. The van der Waals surface area contributed by atoms with Crippen LogP contribution in [0.25, 0.3) is 0 Å². The Bertz CT molecular complexity index is 499. The molecule has 4 heteroatoms. The Balaban J connectivity index is 1.95. The minimum Gasteiger partial charge on any atom is -0.410 e. The van der Waals surface area contributed by atoms with Gasteiger partial charge in [-0.05, 0) is 37.4 Å². The summed E-state index contributed by atoms with van der Waals surface area (Å²) in [5.41, 5.74) is 2.59. The number of hydrogen-bond acceptors (Lipinski definition) is 3. The van der Waals surface area contributed by atoms with Crippen molar-refractivity contribution in [2.75, 3.05) is 20.6 Å². The van der Waals surface area contributed by atoms with E-state index in [0.717, 1.165) is 25.1 Å². The number of amides is 1. The molecule has 1 saturated heterocycles. The first-order valence-electron chi connectivity index (χ1n) is 6.91. The molecule has 0 spiro atoms. The van der Waals surface area contributed by atoms with Crippen molar-refractivity contribution in [3.05, 3.63) is 29.3 Å². The highest BCUT2D eigenvalue weighted by molar-refractivity contribution is 5.71. The average molecular weight is 260 g/mol. The Morgan fingerprint density at radius 2 is 2.21 bits per heavy atom. The summed E-state index contributed by atoms with van der Waals surface area (Å²) < 4.78 is 5.54. The van der Waals surface area contributed by atoms with Gasteiger partial charge in [0.15, 0.2) is 0 Å². The first kappa shape index (κ1) is 12.5. The van der Waals surface area contributed by atoms with Crippen molar-refractivity contribution in [2.24, 2.45) is 0 Å². The number of hydrogen-bond donors (Lipinski definition) is 1. The standard InChI is InChI=1S/C15H20N2O2/c1-17(2)15(18)19-13-5-3-4-10-6-7-12-11(14(10)13)8-9-16-12/h3-5,11-12,16H,6-9H2,1-2H3/t11-,12-/m0/s1. The quantitative estimate of drug-likeness (QED) is 0.841. The van der Waals surface area contributed by atoms with Crippen molar-refractivity contribution in [1.82, 2.24) is 10.2 Å². The van der Waals surface area contributed by atoms with Crippen molar-refractivity contribution in [3.63, 3.8) is 0 Å². The molecule has 1 aromatic rings. The van der Waals surface area contributed by atoms with E-state index in [9.17, 15) is 4.79 Å². The molecule has 0 radical (unpaired) electrons. The maximum atomic E-state index is 11.8. The molecule has 1 heterocycles. The summed E-state index contributed by atoms with van der Waals surface area (Å²) in [6.45, 7) is 1.06. The fourth-order valence-electron chi connectivity index (χ4n) is 3.23. The summed E-state index contributed by atoms with van der Waals surface area (Å²) >= 11 is 0. The molecule has 1 aliphatic heterocycles. The molecule has 1 fully saturated rings. The molecule has 0 saturated carbocycles. The summed E-state index contributed by atoms with van der Waals surface area (Å²) in [7, 11) is 3.41. The Hall–Kier alpha value is -1.55. The van der Waals surface area contributed by atoms with Gasteiger partial charge in [0.25, 0.3) is 0 Å². The zero-order valence-corrected chi connectivity index (χ0v) is 11.5. The third-order valence-electron chi connectivity index (χ3n) is 4.16. The highest BCUT2D eigenvalue weighted by Crippen LogP contribution is 2.42. The molecular weight excluding hydrogens is 240 g/mol. The number of carbonyl (C=O) groups excluding carboxylic acids is 1. The van der Waals surface area contributed by atoms with Crippen LogP contribution in [-0.2, 0) is 6.42 Å². The Labute approximate surface area is 113 Å². The van der Waals surface area contributed by atoms with Crippen molar-refractivity contribution in [3.8, 4) is 5.75 Å². The van der Waals surface area contributed by atoms with E-state index in [4.69, 9.17) is 4.74 Å². The van der Waals surface area contributed by atoms with Crippen molar-refractivity contribution in [1.29, 1.82) is 0 Å². The number of nitrogens with zero attached hydrogens (tertiary/aromatic N) is 1. The van der Waals surface area contributed by atoms with Crippen LogP contribution in [0.1, 0.15) is 29.9 Å². The van der Waals surface area contributed by atoms with Crippen LogP contribution in [0.4, 0.5) is 4.79 Å². The van der Waals surface area contributed by atoms with Gasteiger partial charge < -0.3 is 15.0 Å². The van der Waals surface area contributed by atoms with Crippen LogP contribution in [0.5, 0.6) is 5.75 Å². The van der Waals surface area contributed by atoms with E-state index in [1.807, 2.05) is 12.1 Å². The van der Waals surface area contributed by atoms with Gasteiger partial charge in [-0.3, -0.25) is 0 Å². The molecule has 0 unspecified atom stereocenters. The summed E-state index contributed by atoms with van der Waals surface area (Å²) in [6.07, 6.45) is 3.08. The zero-order chi connectivity index (χ0) is 13.4. The number of fused-ring (bicyclic) bond motifs is 3. The second kappa shape index (κ2) is 4.85. The van der Waals surface area contributed by atoms with Gasteiger partial charge in [-0.1, -0.05) is 12.1 Å². The van der Waals surface area contributed by atoms with Gasteiger partial charge in [0, 0.05) is 31.6 Å². The molecule has 1 aromatic carbocycles. The van der Waals surface area contributed by atoms with Crippen LogP contribution in [0.3, 0.4) is 0 Å². The van der Waals surface area contributed by atoms with E-state index >= 15 is 0 Å². The van der Waals surface area contributed by atoms with Gasteiger partial charge in [0.1, 0.15) is 5.75 Å². The third kappa shape index (κ3) is 2.21. The van der Waals surface area contributed by atoms with Crippen LogP contribution < -0.4 is 10.1 Å². The molecule has 1 aliphatic carbocycles. The second-order valence-electron chi connectivity index (χ2n) is 5.59. The lowest BCUT2D eigenvalue weighted by atomic mass is 9.79. The van der Waals surface area contributed by atoms with Crippen LogP contribution >= 0.6 is 0 Å². The lowest BCUT2D eigenvalue weighted by Crippen LogP contribution is -2.31. The molecule has 3 rings (SSSR count). The molecule has 0 bridgehead atoms. The largest absolute Gasteiger partial charge is 0.414 e. The smallest absolute Gasteiger partial charge is 0.410 e. The Kier molecular flexibility index (Phi) is 3.19. The number of rotatable bonds is 1. The SMILES string of the molecule is CN(C)C(=O)Oc1cccc2c1[C@H]1CCN[C@H]1CC2. The van der Waals surface area contributed by atoms with Crippen LogP contribution in [0.15, 0.2) is 18.2 Å². The van der Waals surface area contributed by atoms with E-state index in [-0.39, 0.29) is 6.09 Å². The molecule has 1 amide bonds. The van der Waals surface area contributed by atoms with E-state index in [0.29, 0.717) is 12.0 Å². The molecule has 0 aromatic heterocycles. The molecule has 19 heavy (non-hydrogen) atoms. The van der Waals surface area contributed by atoms with E-state index in [1.165, 1.54) is 22.4 Å². The van der Waals surface area contributed by atoms with Gasteiger partial charge in [-0.15, -0.1) is 0 Å². The normalized spacial score (nSPS) is 24.5. The fraction of sp³-hybridized carbons (Fsp3) is 0.533. The monoisotopic (exact) mass is 260 g/mol. The molecule has 1 N–H and O–H groups in total. The van der Waals surface area contributed by atoms with Gasteiger partial charge in [0.05, 0.1) is 0 Å². The third-order valence-corrected chi connectivity index (χ3v) is 4.16. The molecule has 4 nitrogen and oxygen atoms in total. The minimum atomic E-state index is -0.304. The highest BCUT2D eigenvalue weighted by atomic mass is 16.6. The van der Waals surface area contributed by atoms with Gasteiger partial charge in [-0.2, -0.15) is 0 Å². The molecule has 2 aliphatic rings. The first-order chi connectivity index (χ1) is 9.16. The van der Waals surface area contributed by atoms with Crippen LogP contribution in [-0.4, -0.2) is 37.7 Å². The molecule has 2 atom stereocenters. The van der Waals surface area contributed by atoms with Crippen LogP contribution in [0.2, 0.25) is 0 Å². The van der Waals surface area contributed by atoms with E-state index < -0.39 is 0 Å². The highest BCUT2D eigenvalue weighted by Gasteiger charge is 2.35. The molecule has 102 valence electrons. The summed E-state index contributed by atoms with van der Waals surface area (Å²) in [4.78, 5) is 13.2. The second-order valence-corrected chi connectivity index (χ2v) is 5.59. The number of carbonyl (C=O) groups is 1. The van der Waals surface area contributed by atoms with E-state index in [1.54, 1.807) is 14.1 Å². The minimum absolute atomic E-state index is 0.304. The van der Waals surface area contributed by atoms with Gasteiger partial charge in [0.2, 0.25) is 0 Å². The maximum absolute atomic E-state index is 11.8. The summed E-state index contributed by atoms with van der Waals surface area (Å²) in [6, 6.07) is 6.61. The van der Waals surface area contributed by atoms with Crippen molar-refractivity contribution >= 4 is 6.09 Å². The number of nitrogens with one attached hydrogen (secondary N) is 1. The van der Waals surface area contributed by atoms with Gasteiger partial charge >= 0.3 is 6.09 Å². The number of benzene rings is 1. The first-order valence-corrected chi connectivity index (χ1v) is 6.91. The Morgan fingerprint density at radius 1 is 1.37 bits per heavy atom. The summed E-state index contributed by atoms with van der Waals surface area (Å²) in [5.74, 6) is 1.24. The molecular formula is C15H20N2O2. The van der Waals surface area contributed by atoms with Gasteiger partial charge in [-0.25, -0.2) is 4.79 Å².